The van der Waals surface area contributed by atoms with Gasteiger partial charge in [-0.3, -0.25) is 0 Å². The van der Waals surface area contributed by atoms with Crippen LogP contribution in [0.15, 0.2) is 5.38 Å². The van der Waals surface area contributed by atoms with Crippen molar-refractivity contribution < 1.29 is 0 Å². The fourth-order valence-corrected chi connectivity index (χ4v) is 3.44. The number of nitrogens with one attached hydrogen (secondary N) is 1. The summed E-state index contributed by atoms with van der Waals surface area (Å²) in [6.45, 7) is 6.75. The molecule has 2 atom stereocenters. The van der Waals surface area contributed by atoms with Gasteiger partial charge in [0.25, 0.3) is 0 Å². The van der Waals surface area contributed by atoms with Crippen molar-refractivity contribution in [2.75, 3.05) is 13.1 Å². The molecular weight excluding hydrogens is 228 g/mol. The van der Waals surface area contributed by atoms with Gasteiger partial charge < -0.3 is 5.32 Å². The smallest absolute Gasteiger partial charge is 0.0897 e. The highest BCUT2D eigenvalue weighted by molar-refractivity contribution is 7.09. The highest BCUT2D eigenvalue weighted by atomic mass is 32.1. The van der Waals surface area contributed by atoms with Crippen molar-refractivity contribution >= 4 is 11.3 Å². The van der Waals surface area contributed by atoms with Crippen LogP contribution >= 0.6 is 11.3 Å². The van der Waals surface area contributed by atoms with Crippen molar-refractivity contribution in [3.05, 3.63) is 16.1 Å². The van der Waals surface area contributed by atoms with Crippen molar-refractivity contribution in [1.82, 2.24) is 10.3 Å². The second-order valence-corrected chi connectivity index (χ2v) is 6.51. The van der Waals surface area contributed by atoms with Crippen LogP contribution in [0.25, 0.3) is 0 Å². The monoisotopic (exact) mass is 252 g/mol. The molecule has 1 aromatic rings. The Kier molecular flexibility index (Phi) is 4.99. The Balaban J connectivity index is 1.59. The molecule has 1 saturated carbocycles. The molecular formula is C14H24N2S. The molecule has 3 heteroatoms. The molecule has 17 heavy (non-hydrogen) atoms. The first-order valence-corrected chi connectivity index (χ1v) is 7.73. The van der Waals surface area contributed by atoms with Gasteiger partial charge in [-0.2, -0.15) is 0 Å². The van der Waals surface area contributed by atoms with Crippen LogP contribution in [0.1, 0.15) is 43.3 Å². The summed E-state index contributed by atoms with van der Waals surface area (Å²) in [5.41, 5.74) is 1.25. The predicted octanol–water partition coefficient (Wildman–Crippen LogP) is 3.41. The Morgan fingerprint density at radius 1 is 1.47 bits per heavy atom. The Bertz CT molecular complexity index is 335. The van der Waals surface area contributed by atoms with Crippen LogP contribution in [0.3, 0.4) is 0 Å². The van der Waals surface area contributed by atoms with E-state index in [1.807, 2.05) is 0 Å². The highest BCUT2D eigenvalue weighted by Crippen LogP contribution is 2.27. The van der Waals surface area contributed by atoms with Crippen LogP contribution in [0.5, 0.6) is 0 Å². The van der Waals surface area contributed by atoms with E-state index in [2.05, 4.69) is 29.5 Å². The largest absolute Gasteiger partial charge is 0.316 e. The summed E-state index contributed by atoms with van der Waals surface area (Å²) >= 11 is 1.75. The number of aromatic nitrogens is 1. The predicted molar refractivity (Wildman–Crippen MR) is 74.5 cm³/mol. The molecule has 1 aromatic heterocycles. The maximum atomic E-state index is 4.49. The van der Waals surface area contributed by atoms with E-state index in [4.69, 9.17) is 0 Å². The summed E-state index contributed by atoms with van der Waals surface area (Å²) in [4.78, 5) is 4.49. The molecule has 2 nitrogen and oxygen atoms in total. The first-order valence-electron chi connectivity index (χ1n) is 6.85. The lowest BCUT2D eigenvalue weighted by Gasteiger charge is -2.26. The standard InChI is InChI=1S/C14H24N2S/c1-11-4-3-5-13(8-11)9-15-7-6-14-10-17-12(2)16-14/h10-11,13,15H,3-9H2,1-2H3. The highest BCUT2D eigenvalue weighted by Gasteiger charge is 2.17. The third kappa shape index (κ3) is 4.40. The van der Waals surface area contributed by atoms with Crippen molar-refractivity contribution in [2.24, 2.45) is 11.8 Å². The summed E-state index contributed by atoms with van der Waals surface area (Å²) in [5.74, 6) is 1.85. The zero-order chi connectivity index (χ0) is 12.1. The summed E-state index contributed by atoms with van der Waals surface area (Å²) < 4.78 is 0. The number of aryl methyl sites for hydroxylation is 1. The van der Waals surface area contributed by atoms with Gasteiger partial charge in [0.2, 0.25) is 0 Å². The van der Waals surface area contributed by atoms with E-state index < -0.39 is 0 Å². The molecule has 2 unspecified atom stereocenters. The maximum Gasteiger partial charge on any atom is 0.0897 e. The first-order chi connectivity index (χ1) is 8.24. The molecule has 96 valence electrons. The van der Waals surface area contributed by atoms with Crippen LogP contribution in [-0.2, 0) is 6.42 Å². The van der Waals surface area contributed by atoms with Gasteiger partial charge in [-0.25, -0.2) is 4.98 Å². The van der Waals surface area contributed by atoms with Gasteiger partial charge in [-0.15, -0.1) is 11.3 Å². The Morgan fingerprint density at radius 2 is 2.35 bits per heavy atom. The van der Waals surface area contributed by atoms with Crippen LogP contribution in [0.2, 0.25) is 0 Å². The molecule has 0 radical (unpaired) electrons. The number of rotatable bonds is 5. The summed E-state index contributed by atoms with van der Waals surface area (Å²) in [6.07, 6.45) is 6.79. The molecule has 0 aliphatic heterocycles. The van der Waals surface area contributed by atoms with E-state index in [1.165, 1.54) is 42.9 Å². The third-order valence-corrected chi connectivity index (χ3v) is 4.52. The molecule has 1 aliphatic rings. The van der Waals surface area contributed by atoms with E-state index in [0.29, 0.717) is 0 Å². The normalized spacial score (nSPS) is 25.1. The second kappa shape index (κ2) is 6.50. The molecule has 2 rings (SSSR count). The van der Waals surface area contributed by atoms with E-state index in [-0.39, 0.29) is 0 Å². The Labute approximate surface area is 109 Å². The molecule has 1 fully saturated rings. The van der Waals surface area contributed by atoms with Gasteiger partial charge >= 0.3 is 0 Å². The van der Waals surface area contributed by atoms with Crippen molar-refractivity contribution in [1.29, 1.82) is 0 Å². The van der Waals surface area contributed by atoms with E-state index >= 15 is 0 Å². The quantitative estimate of drug-likeness (QED) is 0.812. The van der Waals surface area contributed by atoms with Crippen LogP contribution < -0.4 is 5.32 Å². The number of hydrogen-bond donors (Lipinski definition) is 1. The van der Waals surface area contributed by atoms with Gasteiger partial charge in [-0.1, -0.05) is 19.8 Å². The Morgan fingerprint density at radius 3 is 3.06 bits per heavy atom. The Hall–Kier alpha value is -0.410. The van der Waals surface area contributed by atoms with Gasteiger partial charge in [0.1, 0.15) is 0 Å². The lowest BCUT2D eigenvalue weighted by Crippen LogP contribution is -2.28. The molecule has 1 N–H and O–H groups in total. The minimum absolute atomic E-state index is 0.913. The van der Waals surface area contributed by atoms with Crippen LogP contribution in [0, 0.1) is 18.8 Å². The average molecular weight is 252 g/mol. The van der Waals surface area contributed by atoms with Gasteiger partial charge in [-0.05, 0) is 38.1 Å². The number of nitrogens with zero attached hydrogens (tertiary/aromatic N) is 1. The van der Waals surface area contributed by atoms with Crippen LogP contribution in [0.4, 0.5) is 0 Å². The molecule has 0 amide bonds. The van der Waals surface area contributed by atoms with Crippen molar-refractivity contribution in [2.45, 2.75) is 46.0 Å². The first kappa shape index (κ1) is 13.0. The molecule has 0 saturated heterocycles. The molecule has 1 heterocycles. The number of thiazole rings is 1. The van der Waals surface area contributed by atoms with E-state index in [0.717, 1.165) is 24.8 Å². The molecule has 1 aliphatic carbocycles. The zero-order valence-electron chi connectivity index (χ0n) is 11.0. The van der Waals surface area contributed by atoms with Gasteiger partial charge in [0.15, 0.2) is 0 Å². The summed E-state index contributed by atoms with van der Waals surface area (Å²) in [5, 5.41) is 6.96. The van der Waals surface area contributed by atoms with Gasteiger partial charge in [0, 0.05) is 18.3 Å². The van der Waals surface area contributed by atoms with Crippen LogP contribution in [-0.4, -0.2) is 18.1 Å². The average Bonchev–Trinajstić information content (AvgIpc) is 2.71. The SMILES string of the molecule is Cc1nc(CCNCC2CCCC(C)C2)cs1. The lowest BCUT2D eigenvalue weighted by molar-refractivity contribution is 0.275. The number of hydrogen-bond acceptors (Lipinski definition) is 3. The fourth-order valence-electron chi connectivity index (χ4n) is 2.79. The lowest BCUT2D eigenvalue weighted by atomic mass is 9.82. The molecule has 0 bridgehead atoms. The molecule has 0 aromatic carbocycles. The summed E-state index contributed by atoms with van der Waals surface area (Å²) in [6, 6.07) is 0. The minimum Gasteiger partial charge on any atom is -0.316 e. The summed E-state index contributed by atoms with van der Waals surface area (Å²) in [7, 11) is 0. The zero-order valence-corrected chi connectivity index (χ0v) is 11.9. The topological polar surface area (TPSA) is 24.9 Å². The van der Waals surface area contributed by atoms with Crippen molar-refractivity contribution in [3.8, 4) is 0 Å². The van der Waals surface area contributed by atoms with Gasteiger partial charge in [0.05, 0.1) is 10.7 Å². The van der Waals surface area contributed by atoms with E-state index in [9.17, 15) is 0 Å². The second-order valence-electron chi connectivity index (χ2n) is 5.45. The van der Waals surface area contributed by atoms with Crippen molar-refractivity contribution in [3.63, 3.8) is 0 Å². The van der Waals surface area contributed by atoms with E-state index in [1.54, 1.807) is 11.3 Å². The maximum absolute atomic E-state index is 4.49. The minimum atomic E-state index is 0.913. The third-order valence-electron chi connectivity index (χ3n) is 3.70. The fraction of sp³-hybridized carbons (Fsp3) is 0.786. The molecule has 0 spiro atoms.